The van der Waals surface area contributed by atoms with Gasteiger partial charge in [-0.25, -0.2) is 0 Å². The van der Waals surface area contributed by atoms with E-state index < -0.39 is 0 Å². The Balaban J connectivity index is 1.91. The third kappa shape index (κ3) is 2.49. The van der Waals surface area contributed by atoms with E-state index in [1.54, 1.807) is 0 Å². The summed E-state index contributed by atoms with van der Waals surface area (Å²) in [6, 6.07) is 15.1. The molecule has 0 unspecified atom stereocenters. The smallest absolute Gasteiger partial charge is 0.0414 e. The van der Waals surface area contributed by atoms with Gasteiger partial charge in [0.05, 0.1) is 0 Å². The largest absolute Gasteiger partial charge is 0.345 e. The summed E-state index contributed by atoms with van der Waals surface area (Å²) in [5, 5.41) is 2.58. The van der Waals surface area contributed by atoms with E-state index in [0.29, 0.717) is 0 Å². The number of benzene rings is 2. The lowest BCUT2D eigenvalue weighted by atomic mass is 9.85. The second kappa shape index (κ2) is 4.82. The van der Waals surface area contributed by atoms with Gasteiger partial charge in [0.15, 0.2) is 0 Å². The summed E-state index contributed by atoms with van der Waals surface area (Å²) < 4.78 is 0. The van der Waals surface area contributed by atoms with E-state index in [4.69, 9.17) is 0 Å². The molecule has 0 bridgehead atoms. The topological polar surface area (TPSA) is 3.24 Å². The number of hydrogen-bond acceptors (Lipinski definition) is 1. The first-order chi connectivity index (χ1) is 9.55. The first-order valence-electron chi connectivity index (χ1n) is 7.17. The van der Waals surface area contributed by atoms with Gasteiger partial charge in [-0.3, -0.25) is 0 Å². The molecule has 0 spiro atoms. The van der Waals surface area contributed by atoms with Crippen molar-refractivity contribution < 1.29 is 0 Å². The molecule has 2 aromatic carbocycles. The molecule has 1 aliphatic rings. The van der Waals surface area contributed by atoms with E-state index in [1.807, 2.05) is 0 Å². The standard InChI is InChI=1S/C19H21N/c1-19(2)12-10-17(11-13-19)20(3)18-9-8-15-6-4-5-7-16(15)14-18/h4-12,14H,13H2,1-3H3. The molecule has 0 saturated carbocycles. The molecular weight excluding hydrogens is 242 g/mol. The van der Waals surface area contributed by atoms with E-state index in [1.165, 1.54) is 22.2 Å². The minimum absolute atomic E-state index is 0.285. The first kappa shape index (κ1) is 13.0. The van der Waals surface area contributed by atoms with Crippen molar-refractivity contribution in [3.63, 3.8) is 0 Å². The van der Waals surface area contributed by atoms with Crippen molar-refractivity contribution in [3.05, 3.63) is 66.4 Å². The third-order valence-electron chi connectivity index (χ3n) is 4.05. The Morgan fingerprint density at radius 3 is 2.45 bits per heavy atom. The lowest BCUT2D eigenvalue weighted by Crippen LogP contribution is -2.19. The van der Waals surface area contributed by atoms with Crippen LogP contribution in [0.1, 0.15) is 20.3 Å². The maximum Gasteiger partial charge on any atom is 0.0414 e. The Morgan fingerprint density at radius 2 is 1.75 bits per heavy atom. The molecule has 20 heavy (non-hydrogen) atoms. The maximum atomic E-state index is 2.33. The van der Waals surface area contributed by atoms with Crippen molar-refractivity contribution >= 4 is 16.5 Å². The van der Waals surface area contributed by atoms with E-state index in [9.17, 15) is 0 Å². The molecule has 3 rings (SSSR count). The van der Waals surface area contributed by atoms with Gasteiger partial charge in [0, 0.05) is 18.4 Å². The van der Waals surface area contributed by atoms with Crippen LogP contribution < -0.4 is 4.90 Å². The van der Waals surface area contributed by atoms with Crippen LogP contribution in [-0.2, 0) is 0 Å². The second-order valence-corrected chi connectivity index (χ2v) is 6.25. The summed E-state index contributed by atoms with van der Waals surface area (Å²) in [6.07, 6.45) is 7.96. The zero-order chi connectivity index (χ0) is 14.2. The van der Waals surface area contributed by atoms with Crippen LogP contribution in [-0.4, -0.2) is 7.05 Å². The minimum atomic E-state index is 0.285. The molecule has 102 valence electrons. The maximum absolute atomic E-state index is 2.33. The molecule has 0 radical (unpaired) electrons. The monoisotopic (exact) mass is 263 g/mol. The summed E-state index contributed by atoms with van der Waals surface area (Å²) in [7, 11) is 2.14. The molecule has 1 nitrogen and oxygen atoms in total. The molecule has 0 amide bonds. The second-order valence-electron chi connectivity index (χ2n) is 6.25. The van der Waals surface area contributed by atoms with Gasteiger partial charge < -0.3 is 4.90 Å². The predicted molar refractivity (Wildman–Crippen MR) is 88.0 cm³/mol. The van der Waals surface area contributed by atoms with Crippen molar-refractivity contribution in [1.82, 2.24) is 0 Å². The van der Waals surface area contributed by atoms with Crippen LogP contribution in [0.2, 0.25) is 0 Å². The van der Waals surface area contributed by atoms with Crippen molar-refractivity contribution in [2.24, 2.45) is 5.41 Å². The molecule has 1 aliphatic carbocycles. The van der Waals surface area contributed by atoms with Crippen LogP contribution in [0.25, 0.3) is 10.8 Å². The van der Waals surface area contributed by atoms with Gasteiger partial charge in [-0.1, -0.05) is 56.3 Å². The SMILES string of the molecule is CN(C1=CCC(C)(C)C=C1)c1ccc2ccccc2c1. The molecular formula is C19H21N. The number of nitrogens with zero attached hydrogens (tertiary/aromatic N) is 1. The average molecular weight is 263 g/mol. The van der Waals surface area contributed by atoms with Gasteiger partial charge in [0.25, 0.3) is 0 Å². The highest BCUT2D eigenvalue weighted by Gasteiger charge is 2.17. The molecule has 0 N–H and O–H groups in total. The van der Waals surface area contributed by atoms with Gasteiger partial charge in [-0.15, -0.1) is 0 Å². The van der Waals surface area contributed by atoms with Crippen LogP contribution in [0.15, 0.2) is 66.4 Å². The van der Waals surface area contributed by atoms with Crippen molar-refractivity contribution in [1.29, 1.82) is 0 Å². The van der Waals surface area contributed by atoms with E-state index in [0.717, 1.165) is 6.42 Å². The molecule has 0 atom stereocenters. The summed E-state index contributed by atoms with van der Waals surface area (Å²) in [6.45, 7) is 4.54. The number of anilines is 1. The van der Waals surface area contributed by atoms with Crippen LogP contribution >= 0.6 is 0 Å². The molecule has 0 aliphatic heterocycles. The van der Waals surface area contributed by atoms with E-state index in [2.05, 4.69) is 86.5 Å². The van der Waals surface area contributed by atoms with Crippen LogP contribution in [0.3, 0.4) is 0 Å². The van der Waals surface area contributed by atoms with Gasteiger partial charge in [-0.2, -0.15) is 0 Å². The first-order valence-corrected chi connectivity index (χ1v) is 7.17. The summed E-state index contributed by atoms with van der Waals surface area (Å²) >= 11 is 0. The minimum Gasteiger partial charge on any atom is -0.345 e. The highest BCUT2D eigenvalue weighted by Crippen LogP contribution is 2.31. The third-order valence-corrected chi connectivity index (χ3v) is 4.05. The lowest BCUT2D eigenvalue weighted by Gasteiger charge is -2.28. The zero-order valence-corrected chi connectivity index (χ0v) is 12.4. The fraction of sp³-hybridized carbons (Fsp3) is 0.263. The fourth-order valence-electron chi connectivity index (χ4n) is 2.60. The average Bonchev–Trinajstić information content (AvgIpc) is 2.46. The Morgan fingerprint density at radius 1 is 1.00 bits per heavy atom. The zero-order valence-electron chi connectivity index (χ0n) is 12.4. The fourth-order valence-corrected chi connectivity index (χ4v) is 2.60. The predicted octanol–water partition coefficient (Wildman–Crippen LogP) is 5.15. The highest BCUT2D eigenvalue weighted by molar-refractivity contribution is 5.86. The summed E-state index contributed by atoms with van der Waals surface area (Å²) in [5.74, 6) is 0. The number of allylic oxidation sites excluding steroid dienone is 3. The van der Waals surface area contributed by atoms with Crippen LogP contribution in [0, 0.1) is 5.41 Å². The Labute approximate surface area is 121 Å². The molecule has 2 aromatic rings. The van der Waals surface area contributed by atoms with Crippen LogP contribution in [0.4, 0.5) is 5.69 Å². The van der Waals surface area contributed by atoms with Gasteiger partial charge in [-0.05, 0) is 40.8 Å². The Hall–Kier alpha value is -2.02. The highest BCUT2D eigenvalue weighted by atomic mass is 15.1. The summed E-state index contributed by atoms with van der Waals surface area (Å²) in [4.78, 5) is 2.26. The molecule has 0 aromatic heterocycles. The van der Waals surface area contributed by atoms with Crippen molar-refractivity contribution in [3.8, 4) is 0 Å². The van der Waals surface area contributed by atoms with Crippen molar-refractivity contribution in [2.75, 3.05) is 11.9 Å². The quantitative estimate of drug-likeness (QED) is 0.724. The molecule has 0 heterocycles. The van der Waals surface area contributed by atoms with E-state index >= 15 is 0 Å². The number of fused-ring (bicyclic) bond motifs is 1. The number of likely N-dealkylation sites (N-methyl/N-ethyl adjacent to an activating group) is 1. The Bertz CT molecular complexity index is 692. The normalized spacial score (nSPS) is 17.1. The molecule has 0 saturated heterocycles. The number of hydrogen-bond donors (Lipinski definition) is 0. The molecule has 1 heteroatoms. The van der Waals surface area contributed by atoms with Gasteiger partial charge in [0.1, 0.15) is 0 Å². The molecule has 0 fully saturated rings. The van der Waals surface area contributed by atoms with E-state index in [-0.39, 0.29) is 5.41 Å². The van der Waals surface area contributed by atoms with Gasteiger partial charge >= 0.3 is 0 Å². The number of rotatable bonds is 2. The Kier molecular flexibility index (Phi) is 3.13. The van der Waals surface area contributed by atoms with Crippen molar-refractivity contribution in [2.45, 2.75) is 20.3 Å². The lowest BCUT2D eigenvalue weighted by molar-refractivity contribution is 0.481. The van der Waals surface area contributed by atoms with Gasteiger partial charge in [0.2, 0.25) is 0 Å². The summed E-state index contributed by atoms with van der Waals surface area (Å²) in [5.41, 5.74) is 2.80. The van der Waals surface area contributed by atoms with Crippen LogP contribution in [0.5, 0.6) is 0 Å².